The minimum absolute atomic E-state index is 0.161. The zero-order valence-electron chi connectivity index (χ0n) is 15.1. The van der Waals surface area contributed by atoms with Gasteiger partial charge in [-0.05, 0) is 49.2 Å². The zero-order chi connectivity index (χ0) is 18.7. The third-order valence-corrected chi connectivity index (χ3v) is 5.10. The zero-order valence-corrected chi connectivity index (χ0v) is 15.8. The fraction of sp³-hybridized carbons (Fsp3) is 0.350. The maximum Gasteiger partial charge on any atom is 0.238 e. The molecule has 2 aromatic rings. The summed E-state index contributed by atoms with van der Waals surface area (Å²) < 4.78 is 13.8. The van der Waals surface area contributed by atoms with Gasteiger partial charge in [0.05, 0.1) is 12.2 Å². The van der Waals surface area contributed by atoms with Crippen molar-refractivity contribution in [3.8, 4) is 0 Å². The molecule has 1 saturated heterocycles. The molecule has 2 aromatic carbocycles. The van der Waals surface area contributed by atoms with Gasteiger partial charge in [-0.2, -0.15) is 0 Å². The van der Waals surface area contributed by atoms with Crippen molar-refractivity contribution in [2.75, 3.05) is 42.9 Å². The van der Waals surface area contributed by atoms with E-state index >= 15 is 0 Å². The van der Waals surface area contributed by atoms with Crippen LogP contribution >= 0.6 is 11.6 Å². The summed E-state index contributed by atoms with van der Waals surface area (Å²) in [6.45, 7) is 7.84. The minimum atomic E-state index is -0.523. The number of hydrogen-bond acceptors (Lipinski definition) is 3. The number of anilines is 2. The van der Waals surface area contributed by atoms with Crippen LogP contribution in [0.25, 0.3) is 0 Å². The summed E-state index contributed by atoms with van der Waals surface area (Å²) in [5.74, 6) is -0.739. The molecule has 0 saturated carbocycles. The van der Waals surface area contributed by atoms with Crippen molar-refractivity contribution < 1.29 is 9.18 Å². The number of hydrogen-bond donors (Lipinski definition) is 1. The van der Waals surface area contributed by atoms with Gasteiger partial charge in [-0.15, -0.1) is 0 Å². The molecule has 138 valence electrons. The van der Waals surface area contributed by atoms with Crippen molar-refractivity contribution in [2.24, 2.45) is 0 Å². The van der Waals surface area contributed by atoms with Crippen molar-refractivity contribution in [1.29, 1.82) is 0 Å². The van der Waals surface area contributed by atoms with Gasteiger partial charge in [-0.1, -0.05) is 23.7 Å². The smallest absolute Gasteiger partial charge is 0.238 e. The Labute approximate surface area is 158 Å². The molecule has 0 aromatic heterocycles. The number of amides is 1. The molecule has 4 nitrogen and oxygen atoms in total. The van der Waals surface area contributed by atoms with E-state index in [0.717, 1.165) is 26.2 Å². The van der Waals surface area contributed by atoms with Crippen LogP contribution in [0.2, 0.25) is 5.02 Å². The monoisotopic (exact) mass is 375 g/mol. The highest BCUT2D eigenvalue weighted by Crippen LogP contribution is 2.24. The van der Waals surface area contributed by atoms with Crippen molar-refractivity contribution in [3.05, 3.63) is 58.4 Å². The Bertz CT molecular complexity index is 804. The summed E-state index contributed by atoms with van der Waals surface area (Å²) in [5, 5.41) is 2.92. The first-order chi connectivity index (χ1) is 12.4. The first kappa shape index (κ1) is 18.7. The highest BCUT2D eigenvalue weighted by Gasteiger charge is 2.20. The van der Waals surface area contributed by atoms with E-state index in [1.807, 2.05) is 0 Å². The quantitative estimate of drug-likeness (QED) is 0.881. The van der Waals surface area contributed by atoms with Gasteiger partial charge in [-0.25, -0.2) is 4.39 Å². The molecule has 0 radical (unpaired) electrons. The summed E-state index contributed by atoms with van der Waals surface area (Å²) in [7, 11) is 0. The highest BCUT2D eigenvalue weighted by molar-refractivity contribution is 6.30. The lowest BCUT2D eigenvalue weighted by molar-refractivity contribution is -0.117. The van der Waals surface area contributed by atoms with Crippen molar-refractivity contribution >= 4 is 28.9 Å². The van der Waals surface area contributed by atoms with Crippen LogP contribution in [0, 0.1) is 19.7 Å². The van der Waals surface area contributed by atoms with E-state index in [9.17, 15) is 9.18 Å². The number of halogens is 2. The second kappa shape index (κ2) is 8.06. The molecule has 0 spiro atoms. The Balaban J connectivity index is 1.53. The Kier molecular flexibility index (Phi) is 5.79. The number of carbonyl (C=O) groups excluding carboxylic acids is 1. The largest absolute Gasteiger partial charge is 0.369 e. The van der Waals surface area contributed by atoms with Crippen LogP contribution < -0.4 is 10.2 Å². The molecule has 0 atom stereocenters. The van der Waals surface area contributed by atoms with Gasteiger partial charge >= 0.3 is 0 Å². The predicted molar refractivity (Wildman–Crippen MR) is 105 cm³/mol. The molecule has 1 N–H and O–H groups in total. The van der Waals surface area contributed by atoms with Crippen LogP contribution in [0.15, 0.2) is 36.4 Å². The molecular weight excluding hydrogens is 353 g/mol. The molecule has 1 fully saturated rings. The average molecular weight is 376 g/mol. The van der Waals surface area contributed by atoms with Gasteiger partial charge in [0.2, 0.25) is 5.91 Å². The lowest BCUT2D eigenvalue weighted by Crippen LogP contribution is -2.48. The van der Waals surface area contributed by atoms with Gasteiger partial charge in [0.1, 0.15) is 5.82 Å². The number of carbonyl (C=O) groups is 1. The Hall–Kier alpha value is -2.11. The maximum absolute atomic E-state index is 13.8. The SMILES string of the molecule is Cc1cccc(N2CCN(CC(=O)Nc3ccc(Cl)cc3F)CC2)c1C. The predicted octanol–water partition coefficient (Wildman–Crippen LogP) is 3.86. The molecule has 0 bridgehead atoms. The first-order valence-electron chi connectivity index (χ1n) is 8.72. The molecule has 0 unspecified atom stereocenters. The van der Waals surface area contributed by atoms with E-state index in [4.69, 9.17) is 11.6 Å². The molecule has 0 aliphatic carbocycles. The Morgan fingerprint density at radius 2 is 1.88 bits per heavy atom. The van der Waals surface area contributed by atoms with Gasteiger partial charge in [-0.3, -0.25) is 9.69 Å². The van der Waals surface area contributed by atoms with Crippen LogP contribution in [0.1, 0.15) is 11.1 Å². The third kappa shape index (κ3) is 4.34. The molecule has 1 aliphatic heterocycles. The topological polar surface area (TPSA) is 35.6 Å². The number of aryl methyl sites for hydroxylation is 1. The van der Waals surface area contributed by atoms with Crippen LogP contribution in [0.5, 0.6) is 0 Å². The van der Waals surface area contributed by atoms with E-state index in [1.165, 1.54) is 28.9 Å². The summed E-state index contributed by atoms with van der Waals surface area (Å²) >= 11 is 5.73. The van der Waals surface area contributed by atoms with Gasteiger partial charge in [0, 0.05) is 36.9 Å². The second-order valence-electron chi connectivity index (χ2n) is 6.65. The fourth-order valence-electron chi connectivity index (χ4n) is 3.21. The fourth-order valence-corrected chi connectivity index (χ4v) is 3.37. The molecule has 3 rings (SSSR count). The summed E-state index contributed by atoms with van der Waals surface area (Å²) in [4.78, 5) is 16.6. The Morgan fingerprint density at radius 1 is 1.15 bits per heavy atom. The molecule has 1 amide bonds. The van der Waals surface area contributed by atoms with Crippen LogP contribution in [0.4, 0.5) is 15.8 Å². The van der Waals surface area contributed by atoms with Crippen LogP contribution in [0.3, 0.4) is 0 Å². The summed E-state index contributed by atoms with van der Waals surface area (Å²) in [6.07, 6.45) is 0. The molecule has 26 heavy (non-hydrogen) atoms. The lowest BCUT2D eigenvalue weighted by atomic mass is 10.1. The summed E-state index contributed by atoms with van der Waals surface area (Å²) in [6, 6.07) is 10.6. The third-order valence-electron chi connectivity index (χ3n) is 4.86. The maximum atomic E-state index is 13.8. The number of benzene rings is 2. The normalized spacial score (nSPS) is 15.2. The molecule has 1 heterocycles. The average Bonchev–Trinajstić information content (AvgIpc) is 2.61. The Morgan fingerprint density at radius 3 is 2.58 bits per heavy atom. The molecule has 6 heteroatoms. The van der Waals surface area contributed by atoms with E-state index < -0.39 is 5.82 Å². The van der Waals surface area contributed by atoms with Gasteiger partial charge in [0.15, 0.2) is 0 Å². The van der Waals surface area contributed by atoms with Crippen LogP contribution in [-0.4, -0.2) is 43.5 Å². The van der Waals surface area contributed by atoms with E-state index in [1.54, 1.807) is 6.07 Å². The van der Waals surface area contributed by atoms with Gasteiger partial charge < -0.3 is 10.2 Å². The number of nitrogens with zero attached hydrogens (tertiary/aromatic N) is 2. The van der Waals surface area contributed by atoms with Crippen molar-refractivity contribution in [2.45, 2.75) is 13.8 Å². The highest BCUT2D eigenvalue weighted by atomic mass is 35.5. The van der Waals surface area contributed by atoms with Crippen LogP contribution in [-0.2, 0) is 4.79 Å². The second-order valence-corrected chi connectivity index (χ2v) is 7.09. The minimum Gasteiger partial charge on any atom is -0.369 e. The van der Waals surface area contributed by atoms with Crippen molar-refractivity contribution in [3.63, 3.8) is 0 Å². The number of piperazine rings is 1. The van der Waals surface area contributed by atoms with E-state index in [0.29, 0.717) is 5.02 Å². The van der Waals surface area contributed by atoms with Gasteiger partial charge in [0.25, 0.3) is 0 Å². The number of rotatable bonds is 4. The standard InChI is InChI=1S/C20H23ClFN3O/c1-14-4-3-5-19(15(14)2)25-10-8-24(9-11-25)13-20(26)23-18-7-6-16(21)12-17(18)22/h3-7,12H,8-11,13H2,1-2H3,(H,23,26). The molecular formula is C20H23ClFN3O. The van der Waals surface area contributed by atoms with E-state index in [-0.39, 0.29) is 18.1 Å². The first-order valence-corrected chi connectivity index (χ1v) is 9.10. The lowest BCUT2D eigenvalue weighted by Gasteiger charge is -2.36. The molecule has 1 aliphatic rings. The van der Waals surface area contributed by atoms with E-state index in [2.05, 4.69) is 47.2 Å². The number of nitrogens with one attached hydrogen (secondary N) is 1. The summed E-state index contributed by atoms with van der Waals surface area (Å²) in [5.41, 5.74) is 4.01. The van der Waals surface area contributed by atoms with Crippen molar-refractivity contribution in [1.82, 2.24) is 4.90 Å².